The maximum Gasteiger partial charge on any atom is 0.243 e. The molecule has 1 aromatic heterocycles. The normalized spacial score (nSPS) is 25.5. The maximum atomic E-state index is 13.5. The fourth-order valence-electron chi connectivity index (χ4n) is 6.33. The average Bonchev–Trinajstić information content (AvgIpc) is 2.88. The minimum atomic E-state index is -3.85. The predicted octanol–water partition coefficient (Wildman–Crippen LogP) is 2.82. The van der Waals surface area contributed by atoms with Crippen LogP contribution in [0.4, 0.5) is 0 Å². The summed E-state index contributed by atoms with van der Waals surface area (Å²) in [6.07, 6.45) is 7.65. The summed E-state index contributed by atoms with van der Waals surface area (Å²) in [6, 6.07) is 4.75. The zero-order chi connectivity index (χ0) is 26.3. The smallest absolute Gasteiger partial charge is 0.243 e. The Morgan fingerprint density at radius 1 is 1.05 bits per heavy atom. The lowest BCUT2D eigenvalue weighted by Gasteiger charge is -2.34. The lowest BCUT2D eigenvalue weighted by molar-refractivity contribution is -0.254. The Balaban J connectivity index is 1.34. The molecule has 5 rings (SSSR count). The molecule has 9 heteroatoms. The first kappa shape index (κ1) is 26.1. The van der Waals surface area contributed by atoms with Gasteiger partial charge in [-0.3, -0.25) is 9.78 Å². The molecule has 1 saturated heterocycles. The third-order valence-corrected chi connectivity index (χ3v) is 10.6. The first-order chi connectivity index (χ1) is 17.6. The standard InChI is InChI=1S/C28H37N3O5S/c1-17-7-9-24-21(15-17)26(28(33)34)22-16-20(8-10-25(22)29-24)37(35,36)31-13-11-19(12-14-31)27(32)30-23-6-4-3-5-18(23)2/h8,10,16-19,23H,3-7,9,11-15H2,1-2H3,(H,30,32)(H,33,34)/p-1. The van der Waals surface area contributed by atoms with Crippen LogP contribution in [0.3, 0.4) is 0 Å². The number of carbonyl (C=O) groups excluding carboxylic acids is 2. The highest BCUT2D eigenvalue weighted by Gasteiger charge is 2.34. The first-order valence-electron chi connectivity index (χ1n) is 13.6. The summed E-state index contributed by atoms with van der Waals surface area (Å²) in [5.41, 5.74) is 1.97. The van der Waals surface area contributed by atoms with Gasteiger partial charge in [-0.2, -0.15) is 4.31 Å². The molecule has 3 unspecified atom stereocenters. The molecule has 3 aliphatic rings. The highest BCUT2D eigenvalue weighted by molar-refractivity contribution is 7.89. The number of sulfonamides is 1. The minimum absolute atomic E-state index is 0.0326. The van der Waals surface area contributed by atoms with E-state index in [0.29, 0.717) is 54.0 Å². The van der Waals surface area contributed by atoms with E-state index in [4.69, 9.17) is 0 Å². The molecule has 1 N–H and O–H groups in total. The molecule has 1 aromatic carbocycles. The molecule has 200 valence electrons. The number of benzene rings is 1. The van der Waals surface area contributed by atoms with Crippen molar-refractivity contribution in [3.63, 3.8) is 0 Å². The summed E-state index contributed by atoms with van der Waals surface area (Å²) in [5, 5.41) is 15.7. The van der Waals surface area contributed by atoms with Gasteiger partial charge in [-0.25, -0.2) is 8.42 Å². The highest BCUT2D eigenvalue weighted by atomic mass is 32.2. The average molecular weight is 527 g/mol. The number of aromatic nitrogens is 1. The summed E-state index contributed by atoms with van der Waals surface area (Å²) in [4.78, 5) is 29.8. The Bertz CT molecular complexity index is 1320. The number of carboxylic acids is 1. The van der Waals surface area contributed by atoms with Crippen molar-refractivity contribution in [2.75, 3.05) is 13.1 Å². The van der Waals surface area contributed by atoms with Gasteiger partial charge in [0.2, 0.25) is 15.9 Å². The van der Waals surface area contributed by atoms with Crippen LogP contribution in [0.15, 0.2) is 23.1 Å². The van der Waals surface area contributed by atoms with E-state index < -0.39 is 16.0 Å². The Labute approximate surface area is 218 Å². The summed E-state index contributed by atoms with van der Waals surface area (Å²) in [5.74, 6) is -0.659. The molecule has 2 heterocycles. The Morgan fingerprint density at radius 2 is 1.78 bits per heavy atom. The molecule has 0 bridgehead atoms. The fraction of sp³-hybridized carbons (Fsp3) is 0.607. The summed E-state index contributed by atoms with van der Waals surface area (Å²) >= 11 is 0. The predicted molar refractivity (Wildman–Crippen MR) is 138 cm³/mol. The molecule has 8 nitrogen and oxygen atoms in total. The van der Waals surface area contributed by atoms with Crippen LogP contribution in [0.5, 0.6) is 0 Å². The molecule has 1 aliphatic heterocycles. The number of nitrogens with zero attached hydrogens (tertiary/aromatic N) is 2. The Hall–Kier alpha value is -2.52. The second-order valence-corrected chi connectivity index (χ2v) is 13.2. The fourth-order valence-corrected chi connectivity index (χ4v) is 7.82. The van der Waals surface area contributed by atoms with Gasteiger partial charge in [-0.05, 0) is 80.5 Å². The second kappa shape index (κ2) is 10.3. The van der Waals surface area contributed by atoms with Crippen LogP contribution in [-0.2, 0) is 27.7 Å². The molecular weight excluding hydrogens is 490 g/mol. The SMILES string of the molecule is CC1CCc2nc3ccc(S(=O)(=O)N4CCC(C(=O)NC5CCCCC5C)CC4)cc3c(C(=O)[O-])c2C1. The van der Waals surface area contributed by atoms with Crippen molar-refractivity contribution in [1.82, 2.24) is 14.6 Å². The van der Waals surface area contributed by atoms with Crippen molar-refractivity contribution in [2.45, 2.75) is 82.6 Å². The number of piperidine rings is 1. The number of carboxylic acid groups (broad SMARTS) is 1. The van der Waals surface area contributed by atoms with E-state index in [9.17, 15) is 23.1 Å². The zero-order valence-electron chi connectivity index (χ0n) is 21.7. The van der Waals surface area contributed by atoms with Gasteiger partial charge in [0.1, 0.15) is 0 Å². The molecule has 0 spiro atoms. The van der Waals surface area contributed by atoms with E-state index in [0.717, 1.165) is 31.4 Å². The van der Waals surface area contributed by atoms with E-state index >= 15 is 0 Å². The van der Waals surface area contributed by atoms with E-state index in [1.165, 1.54) is 22.9 Å². The van der Waals surface area contributed by atoms with Crippen LogP contribution in [0.1, 0.15) is 80.4 Å². The number of hydrogen-bond donors (Lipinski definition) is 1. The summed E-state index contributed by atoms with van der Waals surface area (Å²) in [6.45, 7) is 4.77. The molecule has 37 heavy (non-hydrogen) atoms. The van der Waals surface area contributed by atoms with Gasteiger partial charge in [0.05, 0.1) is 16.4 Å². The van der Waals surface area contributed by atoms with Gasteiger partial charge >= 0.3 is 0 Å². The molecule has 1 amide bonds. The number of nitrogens with one attached hydrogen (secondary N) is 1. The number of rotatable bonds is 5. The van der Waals surface area contributed by atoms with Crippen molar-refractivity contribution in [2.24, 2.45) is 17.8 Å². The van der Waals surface area contributed by atoms with E-state index in [1.807, 2.05) is 0 Å². The number of amides is 1. The largest absolute Gasteiger partial charge is 0.545 e. The number of hydrogen-bond acceptors (Lipinski definition) is 6. The second-order valence-electron chi connectivity index (χ2n) is 11.3. The van der Waals surface area contributed by atoms with Gasteiger partial charge < -0.3 is 15.2 Å². The first-order valence-corrected chi connectivity index (χ1v) is 15.1. The monoisotopic (exact) mass is 526 g/mol. The third kappa shape index (κ3) is 5.12. The lowest BCUT2D eigenvalue weighted by atomic mass is 9.84. The molecule has 0 radical (unpaired) electrons. The van der Waals surface area contributed by atoms with Gasteiger partial charge in [0.25, 0.3) is 0 Å². The van der Waals surface area contributed by atoms with E-state index in [1.54, 1.807) is 6.07 Å². The molecule has 3 atom stereocenters. The summed E-state index contributed by atoms with van der Waals surface area (Å²) < 4.78 is 28.5. The van der Waals surface area contributed by atoms with Gasteiger partial charge in [-0.15, -0.1) is 0 Å². The van der Waals surface area contributed by atoms with Gasteiger partial charge in [0.15, 0.2) is 0 Å². The van der Waals surface area contributed by atoms with Crippen molar-refractivity contribution >= 4 is 32.8 Å². The van der Waals surface area contributed by atoms with E-state index in [2.05, 4.69) is 24.1 Å². The number of fused-ring (bicyclic) bond motifs is 2. The number of carbonyl (C=O) groups is 2. The van der Waals surface area contributed by atoms with Crippen molar-refractivity contribution < 1.29 is 23.1 Å². The minimum Gasteiger partial charge on any atom is -0.545 e. The van der Waals surface area contributed by atoms with Crippen LogP contribution < -0.4 is 10.4 Å². The highest BCUT2D eigenvalue weighted by Crippen LogP contribution is 2.33. The Kier molecular flexibility index (Phi) is 7.29. The summed E-state index contributed by atoms with van der Waals surface area (Å²) in [7, 11) is -3.85. The molecule has 1 saturated carbocycles. The quantitative estimate of drug-likeness (QED) is 0.640. The van der Waals surface area contributed by atoms with Crippen LogP contribution in [-0.4, -0.2) is 48.7 Å². The molecular formula is C28H36N3O5S-. The third-order valence-electron chi connectivity index (χ3n) is 8.68. The number of pyridine rings is 1. The van der Waals surface area contributed by atoms with Crippen molar-refractivity contribution in [1.29, 1.82) is 0 Å². The molecule has 2 fully saturated rings. The van der Waals surface area contributed by atoms with Crippen LogP contribution in [0.25, 0.3) is 10.9 Å². The maximum absolute atomic E-state index is 13.5. The molecule has 2 aliphatic carbocycles. The van der Waals surface area contributed by atoms with Crippen LogP contribution in [0.2, 0.25) is 0 Å². The number of aromatic carboxylic acids is 1. The lowest BCUT2D eigenvalue weighted by Crippen LogP contribution is -2.47. The molecule has 2 aromatic rings. The topological polar surface area (TPSA) is 120 Å². The van der Waals surface area contributed by atoms with Gasteiger partial charge in [-0.1, -0.05) is 26.7 Å². The van der Waals surface area contributed by atoms with Crippen LogP contribution >= 0.6 is 0 Å². The van der Waals surface area contributed by atoms with Crippen molar-refractivity contribution in [3.05, 3.63) is 35.0 Å². The zero-order valence-corrected chi connectivity index (χ0v) is 22.5. The van der Waals surface area contributed by atoms with Crippen molar-refractivity contribution in [3.8, 4) is 0 Å². The van der Waals surface area contributed by atoms with E-state index in [-0.39, 0.29) is 41.4 Å². The number of aryl methyl sites for hydroxylation is 1. The Morgan fingerprint density at radius 3 is 2.49 bits per heavy atom. The van der Waals surface area contributed by atoms with Crippen LogP contribution in [0, 0.1) is 17.8 Å². The van der Waals surface area contributed by atoms with Gasteiger partial charge in [0, 0.05) is 41.7 Å².